The van der Waals surface area contributed by atoms with Crippen molar-refractivity contribution in [1.82, 2.24) is 0 Å². The largest absolute Gasteiger partial charge is 0.490 e. The zero-order chi connectivity index (χ0) is 19.2. The van der Waals surface area contributed by atoms with Gasteiger partial charge in [0.25, 0.3) is 5.91 Å². The van der Waals surface area contributed by atoms with Crippen LogP contribution >= 0.6 is 0 Å². The number of anilines is 1. The lowest BCUT2D eigenvalue weighted by Crippen LogP contribution is -2.40. The van der Waals surface area contributed by atoms with Crippen molar-refractivity contribution < 1.29 is 23.8 Å². The molecule has 2 aromatic rings. The maximum atomic E-state index is 12.1. The number of amides is 1. The Labute approximate surface area is 158 Å². The van der Waals surface area contributed by atoms with Gasteiger partial charge in [0.05, 0.1) is 12.1 Å². The minimum atomic E-state index is -0.365. The van der Waals surface area contributed by atoms with Crippen molar-refractivity contribution in [3.8, 4) is 11.5 Å². The van der Waals surface area contributed by atoms with E-state index < -0.39 is 0 Å². The summed E-state index contributed by atoms with van der Waals surface area (Å²) in [6.45, 7) is 4.70. The van der Waals surface area contributed by atoms with E-state index in [4.69, 9.17) is 14.2 Å². The summed E-state index contributed by atoms with van der Waals surface area (Å²) in [5.41, 5.74) is 2.93. The van der Waals surface area contributed by atoms with Crippen LogP contribution < -0.4 is 14.4 Å². The van der Waals surface area contributed by atoms with Gasteiger partial charge in [0.1, 0.15) is 24.7 Å². The molecule has 0 fully saturated rings. The number of para-hydroxylation sites is 2. The Bertz CT molecular complexity index is 813. The summed E-state index contributed by atoms with van der Waals surface area (Å²) in [6, 6.07) is 13.2. The fourth-order valence-electron chi connectivity index (χ4n) is 3.01. The molecule has 0 spiro atoms. The fraction of sp³-hybridized carbons (Fsp3) is 0.333. The molecule has 1 aliphatic heterocycles. The number of hydrogen-bond donors (Lipinski definition) is 0. The van der Waals surface area contributed by atoms with E-state index in [0.717, 1.165) is 16.9 Å². The molecular weight excluding hydrogens is 346 g/mol. The summed E-state index contributed by atoms with van der Waals surface area (Å²) < 4.78 is 16.2. The molecule has 6 nitrogen and oxygen atoms in total. The molecule has 0 aliphatic carbocycles. The SMILES string of the molecule is Cc1cc(C)cc(OCCOC(=O)CCN2C(=O)COc3ccccc32)c1. The van der Waals surface area contributed by atoms with E-state index in [9.17, 15) is 9.59 Å². The van der Waals surface area contributed by atoms with Crippen LogP contribution in [0.5, 0.6) is 11.5 Å². The summed E-state index contributed by atoms with van der Waals surface area (Å²) in [6.07, 6.45) is 0.115. The van der Waals surface area contributed by atoms with Gasteiger partial charge in [-0.1, -0.05) is 18.2 Å². The highest BCUT2D eigenvalue weighted by Crippen LogP contribution is 2.31. The second kappa shape index (κ2) is 8.58. The average molecular weight is 369 g/mol. The van der Waals surface area contributed by atoms with Crippen LogP contribution in [-0.4, -0.2) is 38.2 Å². The molecule has 6 heteroatoms. The number of nitrogens with zero attached hydrogens (tertiary/aromatic N) is 1. The Morgan fingerprint density at radius 2 is 1.85 bits per heavy atom. The molecule has 1 aliphatic rings. The Kier molecular flexibility index (Phi) is 5.96. The summed E-state index contributed by atoms with van der Waals surface area (Å²) in [5.74, 6) is 0.877. The lowest BCUT2D eigenvalue weighted by Gasteiger charge is -2.28. The Hall–Kier alpha value is -3.02. The van der Waals surface area contributed by atoms with Gasteiger partial charge in [0.2, 0.25) is 0 Å². The lowest BCUT2D eigenvalue weighted by atomic mass is 10.1. The first-order valence-corrected chi connectivity index (χ1v) is 8.92. The highest BCUT2D eigenvalue weighted by atomic mass is 16.6. The normalized spacial score (nSPS) is 13.0. The second-order valence-corrected chi connectivity index (χ2v) is 6.44. The predicted molar refractivity (Wildman–Crippen MR) is 101 cm³/mol. The first-order valence-electron chi connectivity index (χ1n) is 8.92. The summed E-state index contributed by atoms with van der Waals surface area (Å²) in [4.78, 5) is 25.6. The molecule has 142 valence electrons. The van der Waals surface area contributed by atoms with Crippen molar-refractivity contribution in [2.24, 2.45) is 0 Å². The number of esters is 1. The van der Waals surface area contributed by atoms with Crippen molar-refractivity contribution >= 4 is 17.6 Å². The molecule has 0 unspecified atom stereocenters. The second-order valence-electron chi connectivity index (χ2n) is 6.44. The van der Waals surface area contributed by atoms with Gasteiger partial charge < -0.3 is 19.1 Å². The molecule has 0 bridgehead atoms. The number of carbonyl (C=O) groups is 2. The molecule has 0 saturated carbocycles. The number of carbonyl (C=O) groups excluding carboxylic acids is 2. The minimum Gasteiger partial charge on any atom is -0.490 e. The number of rotatable bonds is 7. The van der Waals surface area contributed by atoms with Gasteiger partial charge in [-0.05, 0) is 49.2 Å². The molecule has 27 heavy (non-hydrogen) atoms. The van der Waals surface area contributed by atoms with E-state index >= 15 is 0 Å². The third-order valence-corrected chi connectivity index (χ3v) is 4.16. The maximum absolute atomic E-state index is 12.1. The van der Waals surface area contributed by atoms with Crippen LogP contribution in [0.3, 0.4) is 0 Å². The van der Waals surface area contributed by atoms with E-state index in [1.165, 1.54) is 0 Å². The number of benzene rings is 2. The average Bonchev–Trinajstić information content (AvgIpc) is 2.63. The molecule has 0 radical (unpaired) electrons. The minimum absolute atomic E-state index is 0.0180. The number of ether oxygens (including phenoxy) is 3. The van der Waals surface area contributed by atoms with Crippen molar-refractivity contribution in [3.63, 3.8) is 0 Å². The highest BCUT2D eigenvalue weighted by molar-refractivity contribution is 5.98. The number of aryl methyl sites for hydroxylation is 2. The van der Waals surface area contributed by atoms with E-state index in [1.807, 2.05) is 38.1 Å². The first kappa shape index (κ1) is 18.8. The Balaban J connectivity index is 1.43. The smallest absolute Gasteiger partial charge is 0.307 e. The molecule has 2 aromatic carbocycles. The molecule has 0 saturated heterocycles. The molecule has 0 aromatic heterocycles. The summed E-state index contributed by atoms with van der Waals surface area (Å²) >= 11 is 0. The fourth-order valence-corrected chi connectivity index (χ4v) is 3.01. The molecule has 0 atom stereocenters. The van der Waals surface area contributed by atoms with E-state index in [0.29, 0.717) is 11.4 Å². The van der Waals surface area contributed by atoms with Gasteiger partial charge in [-0.15, -0.1) is 0 Å². The molecule has 0 N–H and O–H groups in total. The Morgan fingerprint density at radius 1 is 1.11 bits per heavy atom. The monoisotopic (exact) mass is 369 g/mol. The summed E-state index contributed by atoms with van der Waals surface area (Å²) in [5, 5.41) is 0. The van der Waals surface area contributed by atoms with Crippen molar-refractivity contribution in [3.05, 3.63) is 53.6 Å². The lowest BCUT2D eigenvalue weighted by molar-refractivity contribution is -0.144. The zero-order valence-electron chi connectivity index (χ0n) is 15.6. The molecule has 1 amide bonds. The van der Waals surface area contributed by atoms with Gasteiger partial charge in [0, 0.05) is 6.54 Å². The van der Waals surface area contributed by atoms with E-state index in [-0.39, 0.29) is 44.7 Å². The molecule has 3 rings (SSSR count). The van der Waals surface area contributed by atoms with E-state index in [1.54, 1.807) is 17.0 Å². The van der Waals surface area contributed by atoms with Crippen LogP contribution in [0.4, 0.5) is 5.69 Å². The third kappa shape index (κ3) is 5.00. The maximum Gasteiger partial charge on any atom is 0.307 e. The quantitative estimate of drug-likeness (QED) is 0.554. The van der Waals surface area contributed by atoms with Gasteiger partial charge in [0.15, 0.2) is 6.61 Å². The molecular formula is C21H23NO5. The van der Waals surface area contributed by atoms with Crippen LogP contribution in [0.1, 0.15) is 17.5 Å². The van der Waals surface area contributed by atoms with Gasteiger partial charge in [-0.3, -0.25) is 9.59 Å². The van der Waals surface area contributed by atoms with Crippen molar-refractivity contribution in [2.45, 2.75) is 20.3 Å². The van der Waals surface area contributed by atoms with Crippen LogP contribution in [0, 0.1) is 13.8 Å². The van der Waals surface area contributed by atoms with Crippen LogP contribution in [0.25, 0.3) is 0 Å². The molecule has 1 heterocycles. The standard InChI is InChI=1S/C21H23NO5/c1-15-11-16(2)13-17(12-15)25-9-10-26-21(24)7-8-22-18-5-3-4-6-19(18)27-14-20(22)23/h3-6,11-13H,7-10,14H2,1-2H3. The van der Waals surface area contributed by atoms with Gasteiger partial charge in [-0.25, -0.2) is 0 Å². The highest BCUT2D eigenvalue weighted by Gasteiger charge is 2.25. The zero-order valence-corrected chi connectivity index (χ0v) is 15.6. The van der Waals surface area contributed by atoms with E-state index in [2.05, 4.69) is 6.07 Å². The third-order valence-electron chi connectivity index (χ3n) is 4.16. The van der Waals surface area contributed by atoms with Crippen LogP contribution in [0.2, 0.25) is 0 Å². The number of fused-ring (bicyclic) bond motifs is 1. The van der Waals surface area contributed by atoms with Crippen molar-refractivity contribution in [1.29, 1.82) is 0 Å². The first-order chi connectivity index (χ1) is 13.0. The van der Waals surface area contributed by atoms with Crippen molar-refractivity contribution in [2.75, 3.05) is 31.3 Å². The van der Waals surface area contributed by atoms with Gasteiger partial charge >= 0.3 is 5.97 Å². The predicted octanol–water partition coefficient (Wildman–Crippen LogP) is 3.04. The van der Waals surface area contributed by atoms with Crippen LogP contribution in [-0.2, 0) is 14.3 Å². The topological polar surface area (TPSA) is 65.1 Å². The Morgan fingerprint density at radius 3 is 2.63 bits per heavy atom. The summed E-state index contributed by atoms with van der Waals surface area (Å²) in [7, 11) is 0. The van der Waals surface area contributed by atoms with Gasteiger partial charge in [-0.2, -0.15) is 0 Å². The van der Waals surface area contributed by atoms with Crippen LogP contribution in [0.15, 0.2) is 42.5 Å². The number of hydrogen-bond acceptors (Lipinski definition) is 5.